The fourth-order valence-electron chi connectivity index (χ4n) is 3.17. The van der Waals surface area contributed by atoms with Gasteiger partial charge < -0.3 is 10.2 Å². The molecule has 2 aromatic heterocycles. The van der Waals surface area contributed by atoms with Gasteiger partial charge in [-0.05, 0) is 44.3 Å². The standard InChI is InChI=1S/C16H24N4S/c1-20(13-6-3-2-4-7-13)10-5-9-17-15-14-8-11-21-16(14)19-12-18-15/h8,11-13H,2-7,9-10H2,1H3,(H,17,18,19). The van der Waals surface area contributed by atoms with Crippen LogP contribution in [0.25, 0.3) is 10.2 Å². The molecule has 0 aromatic carbocycles. The molecule has 0 radical (unpaired) electrons. The molecule has 0 amide bonds. The van der Waals surface area contributed by atoms with E-state index in [0.717, 1.165) is 41.6 Å². The highest BCUT2D eigenvalue weighted by Gasteiger charge is 2.17. The summed E-state index contributed by atoms with van der Waals surface area (Å²) in [5.74, 6) is 0.974. The number of fused-ring (bicyclic) bond motifs is 1. The van der Waals surface area contributed by atoms with Gasteiger partial charge in [0.05, 0.1) is 5.39 Å². The van der Waals surface area contributed by atoms with Crippen molar-refractivity contribution in [2.24, 2.45) is 0 Å². The number of nitrogens with one attached hydrogen (secondary N) is 1. The molecular weight excluding hydrogens is 280 g/mol. The van der Waals surface area contributed by atoms with Crippen molar-refractivity contribution in [3.05, 3.63) is 17.8 Å². The highest BCUT2D eigenvalue weighted by Crippen LogP contribution is 2.24. The van der Waals surface area contributed by atoms with Gasteiger partial charge in [-0.1, -0.05) is 19.3 Å². The molecule has 0 unspecified atom stereocenters. The molecule has 0 saturated heterocycles. The molecule has 2 heterocycles. The normalized spacial score (nSPS) is 16.7. The first-order valence-electron chi connectivity index (χ1n) is 7.97. The summed E-state index contributed by atoms with van der Waals surface area (Å²) in [5, 5.41) is 6.67. The Bertz CT molecular complexity index is 562. The second kappa shape index (κ2) is 7.18. The smallest absolute Gasteiger partial charge is 0.138 e. The molecule has 1 saturated carbocycles. The molecule has 21 heavy (non-hydrogen) atoms. The maximum Gasteiger partial charge on any atom is 0.138 e. The third-order valence-corrected chi connectivity index (χ3v) is 5.26. The molecule has 114 valence electrons. The van der Waals surface area contributed by atoms with Crippen molar-refractivity contribution in [2.75, 3.05) is 25.5 Å². The van der Waals surface area contributed by atoms with Crippen LogP contribution < -0.4 is 5.32 Å². The van der Waals surface area contributed by atoms with Gasteiger partial charge in [0.2, 0.25) is 0 Å². The van der Waals surface area contributed by atoms with E-state index in [2.05, 4.69) is 38.7 Å². The van der Waals surface area contributed by atoms with E-state index in [0.29, 0.717) is 0 Å². The number of rotatable bonds is 6. The van der Waals surface area contributed by atoms with Crippen LogP contribution in [0.4, 0.5) is 5.82 Å². The summed E-state index contributed by atoms with van der Waals surface area (Å²) in [7, 11) is 2.28. The summed E-state index contributed by atoms with van der Waals surface area (Å²) in [6.07, 6.45) is 9.81. The molecule has 0 atom stereocenters. The van der Waals surface area contributed by atoms with Gasteiger partial charge >= 0.3 is 0 Å². The SMILES string of the molecule is CN(CCCNc1ncnc2sccc12)C1CCCCC1. The van der Waals surface area contributed by atoms with Crippen LogP contribution in [0, 0.1) is 0 Å². The maximum atomic E-state index is 4.36. The molecule has 0 aliphatic heterocycles. The second-order valence-corrected chi connectivity index (χ2v) is 6.81. The monoisotopic (exact) mass is 304 g/mol. The van der Waals surface area contributed by atoms with Crippen molar-refractivity contribution >= 4 is 27.4 Å². The van der Waals surface area contributed by atoms with Gasteiger partial charge in [-0.3, -0.25) is 0 Å². The zero-order valence-corrected chi connectivity index (χ0v) is 13.5. The summed E-state index contributed by atoms with van der Waals surface area (Å²) >= 11 is 1.67. The Morgan fingerprint density at radius 3 is 3.00 bits per heavy atom. The van der Waals surface area contributed by atoms with Gasteiger partial charge in [-0.2, -0.15) is 0 Å². The topological polar surface area (TPSA) is 41.0 Å². The number of hydrogen-bond donors (Lipinski definition) is 1. The molecule has 5 heteroatoms. The lowest BCUT2D eigenvalue weighted by atomic mass is 9.94. The van der Waals surface area contributed by atoms with E-state index < -0.39 is 0 Å². The molecule has 2 aromatic rings. The molecule has 1 N–H and O–H groups in total. The van der Waals surface area contributed by atoms with Crippen LogP contribution in [0.15, 0.2) is 17.8 Å². The van der Waals surface area contributed by atoms with Crippen LogP contribution in [0.2, 0.25) is 0 Å². The Balaban J connectivity index is 1.44. The highest BCUT2D eigenvalue weighted by atomic mass is 32.1. The quantitative estimate of drug-likeness (QED) is 0.825. The van der Waals surface area contributed by atoms with Crippen LogP contribution in [-0.2, 0) is 0 Å². The number of nitrogens with zero attached hydrogens (tertiary/aromatic N) is 3. The van der Waals surface area contributed by atoms with Crippen molar-refractivity contribution in [3.8, 4) is 0 Å². The van der Waals surface area contributed by atoms with Crippen LogP contribution in [-0.4, -0.2) is 41.0 Å². The lowest BCUT2D eigenvalue weighted by Gasteiger charge is -2.31. The van der Waals surface area contributed by atoms with E-state index in [1.807, 2.05) is 0 Å². The summed E-state index contributed by atoms with van der Waals surface area (Å²) in [6, 6.07) is 2.90. The van der Waals surface area contributed by atoms with Crippen molar-refractivity contribution in [3.63, 3.8) is 0 Å². The Morgan fingerprint density at radius 1 is 1.29 bits per heavy atom. The van der Waals surface area contributed by atoms with E-state index in [4.69, 9.17) is 0 Å². The van der Waals surface area contributed by atoms with Crippen LogP contribution in [0.5, 0.6) is 0 Å². The molecule has 1 fully saturated rings. The molecule has 1 aliphatic rings. The Hall–Kier alpha value is -1.20. The maximum absolute atomic E-state index is 4.36. The minimum absolute atomic E-state index is 0.807. The lowest BCUT2D eigenvalue weighted by Crippen LogP contribution is -2.34. The number of hydrogen-bond acceptors (Lipinski definition) is 5. The second-order valence-electron chi connectivity index (χ2n) is 5.91. The van der Waals surface area contributed by atoms with E-state index in [1.54, 1.807) is 17.7 Å². The largest absolute Gasteiger partial charge is 0.369 e. The van der Waals surface area contributed by atoms with E-state index in [1.165, 1.54) is 32.1 Å². The highest BCUT2D eigenvalue weighted by molar-refractivity contribution is 7.16. The van der Waals surface area contributed by atoms with Gasteiger partial charge in [-0.15, -0.1) is 11.3 Å². The fourth-order valence-corrected chi connectivity index (χ4v) is 3.90. The molecule has 4 nitrogen and oxygen atoms in total. The van der Waals surface area contributed by atoms with Crippen molar-refractivity contribution in [1.29, 1.82) is 0 Å². The summed E-state index contributed by atoms with van der Waals surface area (Å²) in [4.78, 5) is 12.2. The minimum Gasteiger partial charge on any atom is -0.369 e. The summed E-state index contributed by atoms with van der Waals surface area (Å²) < 4.78 is 0. The third-order valence-electron chi connectivity index (χ3n) is 4.44. The Morgan fingerprint density at radius 2 is 2.14 bits per heavy atom. The van der Waals surface area contributed by atoms with E-state index in [9.17, 15) is 0 Å². The number of anilines is 1. The van der Waals surface area contributed by atoms with Gasteiger partial charge in [-0.25, -0.2) is 9.97 Å². The average molecular weight is 304 g/mol. The van der Waals surface area contributed by atoms with Crippen LogP contribution in [0.3, 0.4) is 0 Å². The molecule has 1 aliphatic carbocycles. The predicted octanol–water partition coefficient (Wildman–Crippen LogP) is 3.76. The lowest BCUT2D eigenvalue weighted by molar-refractivity contribution is 0.191. The Labute approximate surface area is 130 Å². The Kier molecular flexibility index (Phi) is 5.04. The average Bonchev–Trinajstić information content (AvgIpc) is 3.01. The molecular formula is C16H24N4S. The first-order chi connectivity index (χ1) is 10.3. The van der Waals surface area contributed by atoms with Gasteiger partial charge in [0.15, 0.2) is 0 Å². The van der Waals surface area contributed by atoms with Crippen LogP contribution >= 0.6 is 11.3 Å². The van der Waals surface area contributed by atoms with E-state index >= 15 is 0 Å². The van der Waals surface area contributed by atoms with Crippen molar-refractivity contribution in [1.82, 2.24) is 14.9 Å². The molecule has 0 spiro atoms. The first kappa shape index (κ1) is 14.7. The molecule has 3 rings (SSSR count). The zero-order chi connectivity index (χ0) is 14.5. The van der Waals surface area contributed by atoms with Crippen LogP contribution in [0.1, 0.15) is 38.5 Å². The minimum atomic E-state index is 0.807. The predicted molar refractivity (Wildman–Crippen MR) is 90.0 cm³/mol. The zero-order valence-electron chi connectivity index (χ0n) is 12.7. The fraction of sp³-hybridized carbons (Fsp3) is 0.625. The third kappa shape index (κ3) is 3.71. The van der Waals surface area contributed by atoms with Gasteiger partial charge in [0.25, 0.3) is 0 Å². The summed E-state index contributed by atoms with van der Waals surface area (Å²) in [6.45, 7) is 2.13. The number of thiophene rings is 1. The van der Waals surface area contributed by atoms with Gasteiger partial charge in [0, 0.05) is 12.6 Å². The first-order valence-corrected chi connectivity index (χ1v) is 8.85. The van der Waals surface area contributed by atoms with Crippen molar-refractivity contribution in [2.45, 2.75) is 44.6 Å². The summed E-state index contributed by atoms with van der Waals surface area (Å²) in [5.41, 5.74) is 0. The van der Waals surface area contributed by atoms with Gasteiger partial charge in [0.1, 0.15) is 17.0 Å². The number of aromatic nitrogens is 2. The molecule has 0 bridgehead atoms. The van der Waals surface area contributed by atoms with Crippen molar-refractivity contribution < 1.29 is 0 Å². The van der Waals surface area contributed by atoms with E-state index in [-0.39, 0.29) is 0 Å².